The van der Waals surface area contributed by atoms with E-state index in [1.807, 2.05) is 43.3 Å². The number of aliphatic hydroxyl groups is 1. The second kappa shape index (κ2) is 5.67. The van der Waals surface area contributed by atoms with Crippen molar-refractivity contribution in [1.82, 2.24) is 5.32 Å². The van der Waals surface area contributed by atoms with Crippen LogP contribution in [-0.2, 0) is 10.4 Å². The van der Waals surface area contributed by atoms with Crippen LogP contribution < -0.4 is 5.32 Å². The Kier molecular flexibility index (Phi) is 3.82. The minimum atomic E-state index is -0.859. The van der Waals surface area contributed by atoms with Crippen LogP contribution in [0.4, 0.5) is 0 Å². The van der Waals surface area contributed by atoms with Crippen LogP contribution in [0.1, 0.15) is 47.7 Å². The van der Waals surface area contributed by atoms with E-state index < -0.39 is 5.60 Å². The fourth-order valence-electron chi connectivity index (χ4n) is 2.87. The number of hydrogen-bond donors (Lipinski definition) is 2. The molecule has 0 bridgehead atoms. The Bertz CT molecular complexity index is 767. The summed E-state index contributed by atoms with van der Waals surface area (Å²) in [6, 6.07) is 13.6. The van der Waals surface area contributed by atoms with E-state index in [4.69, 9.17) is 0 Å². The van der Waals surface area contributed by atoms with E-state index in [1.165, 1.54) is 0 Å². The summed E-state index contributed by atoms with van der Waals surface area (Å²) >= 11 is 0. The van der Waals surface area contributed by atoms with E-state index in [9.17, 15) is 9.90 Å². The Morgan fingerprint density at radius 3 is 2.43 bits per heavy atom. The van der Waals surface area contributed by atoms with Crippen LogP contribution in [0.5, 0.6) is 0 Å². The minimum absolute atomic E-state index is 0.334. The molecule has 0 radical (unpaired) electrons. The van der Waals surface area contributed by atoms with Crippen molar-refractivity contribution in [3.63, 3.8) is 0 Å². The zero-order valence-electron chi connectivity index (χ0n) is 13.6. The first-order chi connectivity index (χ1) is 10.9. The van der Waals surface area contributed by atoms with Gasteiger partial charge in [0.1, 0.15) is 12.3 Å². The molecule has 3 heteroatoms. The van der Waals surface area contributed by atoms with Gasteiger partial charge in [-0.3, -0.25) is 0 Å². The highest BCUT2D eigenvalue weighted by Gasteiger charge is 2.21. The second-order valence-corrected chi connectivity index (χ2v) is 6.58. The lowest BCUT2D eigenvalue weighted by molar-refractivity contribution is -0.109. The van der Waals surface area contributed by atoms with Crippen LogP contribution in [0.15, 0.2) is 42.5 Å². The van der Waals surface area contributed by atoms with Gasteiger partial charge in [0.25, 0.3) is 0 Å². The van der Waals surface area contributed by atoms with Crippen molar-refractivity contribution in [2.24, 2.45) is 0 Å². The van der Waals surface area contributed by atoms with Crippen LogP contribution >= 0.6 is 0 Å². The van der Waals surface area contributed by atoms with Gasteiger partial charge in [-0.1, -0.05) is 48.0 Å². The molecule has 3 rings (SSSR count). The number of rotatable bonds is 3. The molecule has 1 atom stereocenters. The maximum Gasteiger partial charge on any atom is 0.146 e. The van der Waals surface area contributed by atoms with E-state index in [2.05, 4.69) is 17.5 Å². The lowest BCUT2D eigenvalue weighted by atomic mass is 9.92. The standard InChI is InChI=1S/C20H21NO2/c1-13-4-5-15-11-18(21-19(12-22)17(15)10-13)14-6-8-16(9-7-14)20(2,3)23/h4-12,19,21,23H,1-3H3. The number of benzene rings is 2. The average molecular weight is 307 g/mol. The number of nitrogens with one attached hydrogen (secondary N) is 1. The fraction of sp³-hybridized carbons (Fsp3) is 0.250. The van der Waals surface area contributed by atoms with Crippen LogP contribution in [-0.4, -0.2) is 11.4 Å². The Morgan fingerprint density at radius 2 is 1.83 bits per heavy atom. The summed E-state index contributed by atoms with van der Waals surface area (Å²) in [7, 11) is 0. The lowest BCUT2D eigenvalue weighted by Gasteiger charge is -2.25. The van der Waals surface area contributed by atoms with Crippen molar-refractivity contribution >= 4 is 18.1 Å². The van der Waals surface area contributed by atoms with Crippen molar-refractivity contribution in [3.8, 4) is 0 Å². The van der Waals surface area contributed by atoms with Gasteiger partial charge in [-0.05, 0) is 49.1 Å². The first-order valence-corrected chi connectivity index (χ1v) is 7.76. The summed E-state index contributed by atoms with van der Waals surface area (Å²) in [5.41, 5.74) is 5.13. The predicted molar refractivity (Wildman–Crippen MR) is 92.7 cm³/mol. The molecule has 0 fully saturated rings. The molecule has 1 heterocycles. The summed E-state index contributed by atoms with van der Waals surface area (Å²) in [4.78, 5) is 11.5. The zero-order valence-corrected chi connectivity index (χ0v) is 13.6. The molecule has 2 N–H and O–H groups in total. The maximum atomic E-state index is 11.5. The highest BCUT2D eigenvalue weighted by atomic mass is 16.3. The van der Waals surface area contributed by atoms with Gasteiger partial charge in [-0.15, -0.1) is 0 Å². The molecule has 1 aliphatic heterocycles. The molecule has 0 saturated heterocycles. The highest BCUT2D eigenvalue weighted by molar-refractivity contribution is 5.87. The molecule has 118 valence electrons. The molecule has 0 aromatic heterocycles. The predicted octanol–water partition coefficient (Wildman–Crippen LogP) is 3.56. The van der Waals surface area contributed by atoms with Crippen molar-refractivity contribution in [2.75, 3.05) is 0 Å². The number of aldehydes is 1. The Balaban J connectivity index is 2.00. The maximum absolute atomic E-state index is 11.5. The Morgan fingerprint density at radius 1 is 1.13 bits per heavy atom. The third kappa shape index (κ3) is 3.06. The number of hydrogen-bond acceptors (Lipinski definition) is 3. The molecule has 0 aliphatic carbocycles. The van der Waals surface area contributed by atoms with Gasteiger partial charge in [0.15, 0.2) is 0 Å². The number of carbonyl (C=O) groups is 1. The normalized spacial score (nSPS) is 17.0. The number of carbonyl (C=O) groups excluding carboxylic acids is 1. The molecule has 23 heavy (non-hydrogen) atoms. The van der Waals surface area contributed by atoms with Gasteiger partial charge in [-0.2, -0.15) is 0 Å². The van der Waals surface area contributed by atoms with Crippen molar-refractivity contribution in [1.29, 1.82) is 0 Å². The first-order valence-electron chi connectivity index (χ1n) is 7.76. The van der Waals surface area contributed by atoms with E-state index in [-0.39, 0.29) is 6.04 Å². The van der Waals surface area contributed by atoms with Crippen LogP contribution in [0.2, 0.25) is 0 Å². The molecule has 1 unspecified atom stereocenters. The smallest absolute Gasteiger partial charge is 0.146 e. The lowest BCUT2D eigenvalue weighted by Crippen LogP contribution is -2.25. The third-order valence-electron chi connectivity index (χ3n) is 4.23. The first kappa shape index (κ1) is 15.5. The van der Waals surface area contributed by atoms with Gasteiger partial charge in [0.05, 0.1) is 5.60 Å². The monoisotopic (exact) mass is 307 g/mol. The number of fused-ring (bicyclic) bond motifs is 1. The van der Waals surface area contributed by atoms with E-state index >= 15 is 0 Å². The second-order valence-electron chi connectivity index (χ2n) is 6.58. The van der Waals surface area contributed by atoms with Gasteiger partial charge in [0.2, 0.25) is 0 Å². The molecule has 2 aromatic carbocycles. The van der Waals surface area contributed by atoms with Crippen molar-refractivity contribution in [2.45, 2.75) is 32.4 Å². The van der Waals surface area contributed by atoms with Gasteiger partial charge < -0.3 is 15.2 Å². The summed E-state index contributed by atoms with van der Waals surface area (Å²) in [5.74, 6) is 0. The van der Waals surface area contributed by atoms with E-state index in [0.717, 1.165) is 39.8 Å². The Labute approximate surface area is 136 Å². The largest absolute Gasteiger partial charge is 0.386 e. The molecule has 3 nitrogen and oxygen atoms in total. The number of aryl methyl sites for hydroxylation is 1. The minimum Gasteiger partial charge on any atom is -0.386 e. The quantitative estimate of drug-likeness (QED) is 0.852. The summed E-state index contributed by atoms with van der Waals surface area (Å²) in [6.07, 6.45) is 3.00. The summed E-state index contributed by atoms with van der Waals surface area (Å²) in [6.45, 7) is 5.55. The summed E-state index contributed by atoms with van der Waals surface area (Å²) in [5, 5.41) is 13.3. The van der Waals surface area contributed by atoms with E-state index in [0.29, 0.717) is 0 Å². The molecule has 0 amide bonds. The highest BCUT2D eigenvalue weighted by Crippen LogP contribution is 2.31. The van der Waals surface area contributed by atoms with Crippen molar-refractivity contribution < 1.29 is 9.90 Å². The fourth-order valence-corrected chi connectivity index (χ4v) is 2.87. The van der Waals surface area contributed by atoms with Gasteiger partial charge in [-0.25, -0.2) is 0 Å². The zero-order chi connectivity index (χ0) is 16.6. The summed E-state index contributed by atoms with van der Waals surface area (Å²) < 4.78 is 0. The van der Waals surface area contributed by atoms with E-state index in [1.54, 1.807) is 13.8 Å². The molecular formula is C20H21NO2. The average Bonchev–Trinajstić information content (AvgIpc) is 2.53. The SMILES string of the molecule is Cc1ccc2c(c1)C(C=O)NC(c1ccc(C(C)(C)O)cc1)=C2. The van der Waals surface area contributed by atoms with Gasteiger partial charge in [0, 0.05) is 5.70 Å². The molecule has 0 spiro atoms. The third-order valence-corrected chi connectivity index (χ3v) is 4.23. The van der Waals surface area contributed by atoms with Crippen LogP contribution in [0.25, 0.3) is 11.8 Å². The molecule has 1 aliphatic rings. The van der Waals surface area contributed by atoms with Crippen molar-refractivity contribution in [3.05, 3.63) is 70.3 Å². The molecule has 0 saturated carbocycles. The molecule has 2 aromatic rings. The topological polar surface area (TPSA) is 49.3 Å². The Hall–Kier alpha value is -2.39. The van der Waals surface area contributed by atoms with Crippen LogP contribution in [0, 0.1) is 6.92 Å². The molecular weight excluding hydrogens is 286 g/mol. The van der Waals surface area contributed by atoms with Gasteiger partial charge >= 0.3 is 0 Å². The van der Waals surface area contributed by atoms with Crippen LogP contribution in [0.3, 0.4) is 0 Å².